The highest BCUT2D eigenvalue weighted by atomic mass is 19.1. The Morgan fingerprint density at radius 3 is 2.49 bits per heavy atom. The summed E-state index contributed by atoms with van der Waals surface area (Å²) in [6.45, 7) is 2.10. The van der Waals surface area contributed by atoms with E-state index in [1.807, 2.05) is 42.5 Å². The lowest BCUT2D eigenvalue weighted by Crippen LogP contribution is -2.29. The molecule has 7 rings (SSSR count). The normalized spacial score (nSPS) is 15.3. The number of aromatic amines is 1. The van der Waals surface area contributed by atoms with Crippen molar-refractivity contribution < 1.29 is 13.9 Å². The first-order valence-corrected chi connectivity index (χ1v) is 14.3. The largest absolute Gasteiger partial charge is 0.508 e. The molecule has 43 heavy (non-hydrogen) atoms. The molecule has 1 aliphatic heterocycles. The molecule has 9 heteroatoms. The number of nitrogens with zero attached hydrogens (tertiary/aromatic N) is 4. The van der Waals surface area contributed by atoms with Crippen molar-refractivity contribution in [3.8, 4) is 16.9 Å². The summed E-state index contributed by atoms with van der Waals surface area (Å²) in [6.07, 6.45) is 3.44. The fraction of sp³-hybridized carbons (Fsp3) is 0.206. The highest BCUT2D eigenvalue weighted by Gasteiger charge is 2.27. The van der Waals surface area contributed by atoms with Crippen molar-refractivity contribution in [3.63, 3.8) is 0 Å². The number of hydrogen-bond acceptors (Lipinski definition) is 5. The van der Waals surface area contributed by atoms with Crippen LogP contribution >= 0.6 is 0 Å². The van der Waals surface area contributed by atoms with Gasteiger partial charge in [0.15, 0.2) is 0 Å². The van der Waals surface area contributed by atoms with Gasteiger partial charge < -0.3 is 15.0 Å². The molecule has 2 aromatic heterocycles. The Kier molecular flexibility index (Phi) is 6.74. The van der Waals surface area contributed by atoms with E-state index in [9.17, 15) is 14.3 Å². The van der Waals surface area contributed by atoms with E-state index in [1.54, 1.807) is 18.2 Å². The summed E-state index contributed by atoms with van der Waals surface area (Å²) in [6, 6.07) is 20.8. The average molecular weight is 578 g/mol. The van der Waals surface area contributed by atoms with Crippen LogP contribution in [-0.4, -0.2) is 49.7 Å². The molecule has 2 N–H and O–H groups in total. The monoisotopic (exact) mass is 577 g/mol. The van der Waals surface area contributed by atoms with Crippen LogP contribution in [0.1, 0.15) is 41.8 Å². The number of nitrogens with one attached hydrogen (secondary N) is 1. The highest BCUT2D eigenvalue weighted by Crippen LogP contribution is 2.34. The van der Waals surface area contributed by atoms with E-state index in [0.29, 0.717) is 22.5 Å². The number of halogens is 2. The first kappa shape index (κ1) is 27.0. The number of phenols is 1. The number of para-hydroxylation sites is 2. The van der Waals surface area contributed by atoms with Gasteiger partial charge in [-0.05, 0) is 92.5 Å². The molecule has 1 unspecified atom stereocenters. The van der Waals surface area contributed by atoms with Crippen LogP contribution in [0.15, 0.2) is 90.0 Å². The van der Waals surface area contributed by atoms with Crippen molar-refractivity contribution in [3.05, 3.63) is 124 Å². The second kappa shape index (κ2) is 10.7. The second-order valence-corrected chi connectivity index (χ2v) is 11.2. The molecule has 1 aliphatic rings. The van der Waals surface area contributed by atoms with Crippen LogP contribution in [-0.2, 0) is 0 Å². The predicted molar refractivity (Wildman–Crippen MR) is 162 cm³/mol. The topological polar surface area (TPSA) is 87.0 Å². The summed E-state index contributed by atoms with van der Waals surface area (Å²) < 4.78 is 31.9. The smallest absolute Gasteiger partial charge is 0.265 e. The number of fused-ring (bicyclic) bond motifs is 2. The Balaban J connectivity index is 1.35. The van der Waals surface area contributed by atoms with E-state index >= 15 is 4.39 Å². The van der Waals surface area contributed by atoms with Crippen molar-refractivity contribution in [2.45, 2.75) is 24.8 Å². The molecular weight excluding hydrogens is 548 g/mol. The Hall–Kier alpha value is -4.89. The quantitative estimate of drug-likeness (QED) is 0.249. The van der Waals surface area contributed by atoms with Crippen LogP contribution in [0.2, 0.25) is 0 Å². The summed E-state index contributed by atoms with van der Waals surface area (Å²) in [5.41, 5.74) is 3.08. The molecule has 0 bridgehead atoms. The zero-order valence-electron chi connectivity index (χ0n) is 23.5. The summed E-state index contributed by atoms with van der Waals surface area (Å²) in [7, 11) is 2.13. The van der Waals surface area contributed by atoms with Gasteiger partial charge >= 0.3 is 0 Å². The van der Waals surface area contributed by atoms with Gasteiger partial charge in [-0.1, -0.05) is 36.4 Å². The van der Waals surface area contributed by atoms with Gasteiger partial charge in [0.25, 0.3) is 5.56 Å². The molecule has 7 nitrogen and oxygen atoms in total. The van der Waals surface area contributed by atoms with Crippen LogP contribution in [0, 0.1) is 11.6 Å². The minimum atomic E-state index is -1.11. The van der Waals surface area contributed by atoms with E-state index in [-0.39, 0.29) is 33.6 Å². The van der Waals surface area contributed by atoms with Gasteiger partial charge in [0.1, 0.15) is 34.6 Å². The van der Waals surface area contributed by atoms with Crippen molar-refractivity contribution in [2.75, 3.05) is 20.1 Å². The van der Waals surface area contributed by atoms with Gasteiger partial charge in [-0.15, -0.1) is 0 Å². The third-order valence-electron chi connectivity index (χ3n) is 8.53. The first-order chi connectivity index (χ1) is 20.9. The molecule has 3 heterocycles. The molecule has 6 aromatic rings. The number of H-pyrrole nitrogens is 1. The molecule has 216 valence electrons. The third-order valence-corrected chi connectivity index (χ3v) is 8.53. The number of imidazole rings is 1. The maximum absolute atomic E-state index is 16.3. The van der Waals surface area contributed by atoms with Crippen LogP contribution in [0.25, 0.3) is 33.1 Å². The molecule has 4 aromatic carbocycles. The number of piperidine rings is 1. The van der Waals surface area contributed by atoms with E-state index < -0.39 is 23.2 Å². The second-order valence-electron chi connectivity index (χ2n) is 11.2. The fourth-order valence-corrected chi connectivity index (χ4v) is 6.14. The van der Waals surface area contributed by atoms with Gasteiger partial charge in [-0.3, -0.25) is 9.36 Å². The van der Waals surface area contributed by atoms with Crippen LogP contribution < -0.4 is 5.56 Å². The number of likely N-dealkylation sites (tertiary alicyclic amines) is 1. The van der Waals surface area contributed by atoms with Crippen molar-refractivity contribution in [1.82, 2.24) is 24.4 Å². The number of phenolic OH excluding ortho intramolecular Hbond substituents is 1. The summed E-state index contributed by atoms with van der Waals surface area (Å²) in [5, 5.41) is 10.6. The molecule has 1 saturated heterocycles. The Labute approximate surface area is 246 Å². The van der Waals surface area contributed by atoms with Crippen molar-refractivity contribution >= 4 is 21.9 Å². The number of aromatic nitrogens is 4. The van der Waals surface area contributed by atoms with Crippen molar-refractivity contribution in [1.29, 1.82) is 0 Å². The summed E-state index contributed by atoms with van der Waals surface area (Å²) >= 11 is 0. The van der Waals surface area contributed by atoms with Gasteiger partial charge in [0.2, 0.25) is 0 Å². The number of aromatic hydroxyl groups is 1. The van der Waals surface area contributed by atoms with Gasteiger partial charge in [0.05, 0.1) is 22.9 Å². The van der Waals surface area contributed by atoms with E-state index in [0.717, 1.165) is 38.1 Å². The molecule has 1 atom stereocenters. The van der Waals surface area contributed by atoms with E-state index in [2.05, 4.69) is 26.9 Å². The van der Waals surface area contributed by atoms with Gasteiger partial charge in [-0.25, -0.2) is 18.7 Å². The molecule has 0 aliphatic carbocycles. The Morgan fingerprint density at radius 2 is 1.72 bits per heavy atom. The SMILES string of the molecule is CN1CCC(c2ccc(-c3ccc4ncn(C(c5nc6ccccc6[nH]5)c5cc(F)ccc5O)c(=O)c4c3F)cc2)CC1. The van der Waals surface area contributed by atoms with Crippen molar-refractivity contribution in [2.24, 2.45) is 0 Å². The molecule has 0 spiro atoms. The van der Waals surface area contributed by atoms with Gasteiger partial charge in [-0.2, -0.15) is 0 Å². The lowest BCUT2D eigenvalue weighted by molar-refractivity contribution is 0.255. The van der Waals surface area contributed by atoms with Crippen LogP contribution in [0.4, 0.5) is 8.78 Å². The zero-order valence-corrected chi connectivity index (χ0v) is 23.5. The maximum Gasteiger partial charge on any atom is 0.265 e. The number of benzene rings is 4. The third kappa shape index (κ3) is 4.85. The molecule has 1 fully saturated rings. The van der Waals surface area contributed by atoms with Gasteiger partial charge in [0, 0.05) is 11.1 Å². The Bertz CT molecular complexity index is 1990. The molecule has 0 radical (unpaired) electrons. The van der Waals surface area contributed by atoms with Crippen LogP contribution in [0.3, 0.4) is 0 Å². The minimum Gasteiger partial charge on any atom is -0.508 e. The lowest BCUT2D eigenvalue weighted by Gasteiger charge is -2.29. The summed E-state index contributed by atoms with van der Waals surface area (Å²) in [4.78, 5) is 28.6. The zero-order chi connectivity index (χ0) is 29.7. The Morgan fingerprint density at radius 1 is 0.953 bits per heavy atom. The fourth-order valence-electron chi connectivity index (χ4n) is 6.14. The molecular formula is C34H29F2N5O2. The first-order valence-electron chi connectivity index (χ1n) is 14.3. The highest BCUT2D eigenvalue weighted by molar-refractivity contribution is 5.85. The van der Waals surface area contributed by atoms with E-state index in [4.69, 9.17) is 0 Å². The summed E-state index contributed by atoms with van der Waals surface area (Å²) in [5.74, 6) is -0.794. The maximum atomic E-state index is 16.3. The number of hydrogen-bond donors (Lipinski definition) is 2. The minimum absolute atomic E-state index is 0.0864. The predicted octanol–water partition coefficient (Wildman–Crippen LogP) is 6.37. The lowest BCUT2D eigenvalue weighted by atomic mass is 9.88. The van der Waals surface area contributed by atoms with Crippen LogP contribution in [0.5, 0.6) is 5.75 Å². The molecule has 0 amide bonds. The van der Waals surface area contributed by atoms with E-state index in [1.165, 1.54) is 22.5 Å². The average Bonchev–Trinajstić information content (AvgIpc) is 3.45. The standard InChI is InChI=1S/C34H29F2N5O2/c1-40-16-14-21(15-17-40)20-6-8-22(9-7-20)24-11-12-28-30(31(24)36)34(43)41(19-37-28)32(25-18-23(35)10-13-29(25)42)33-38-26-4-2-3-5-27(26)39-33/h2-13,18-19,21,32,42H,14-17H2,1H3,(H,38,39). The number of rotatable bonds is 5. The molecule has 0 saturated carbocycles.